The summed E-state index contributed by atoms with van der Waals surface area (Å²) < 4.78 is 0. The molecule has 0 unspecified atom stereocenters. The summed E-state index contributed by atoms with van der Waals surface area (Å²) >= 11 is 0. The number of rotatable bonds is 17. The smallest absolute Gasteiger partial charge is 0.220 e. The fourth-order valence-electron chi connectivity index (χ4n) is 2.49. The minimum Gasteiger partial charge on any atom is -0.510 e. The molecule has 0 aromatic heterocycles. The predicted molar refractivity (Wildman–Crippen MR) is 130 cm³/mol. The first-order valence-electron chi connectivity index (χ1n) is 11.3. The molecule has 0 saturated heterocycles. The molecule has 174 valence electrons. The van der Waals surface area contributed by atoms with Crippen LogP contribution in [-0.2, 0) is 4.79 Å². The molecule has 31 heavy (non-hydrogen) atoms. The van der Waals surface area contributed by atoms with Gasteiger partial charge in [-0.25, -0.2) is 0 Å². The largest absolute Gasteiger partial charge is 0.510 e. The average Bonchev–Trinajstić information content (AvgIpc) is 2.75. The highest BCUT2D eigenvalue weighted by Gasteiger charge is 2.08. The number of unbranched alkanes of at least 4 members (excludes halogenated alkanes) is 1. The average molecular weight is 432 g/mol. The first kappa shape index (κ1) is 28.6. The zero-order chi connectivity index (χ0) is 23.2. The van der Waals surface area contributed by atoms with Crippen molar-refractivity contribution in [3.63, 3.8) is 0 Å². The van der Waals surface area contributed by atoms with Crippen molar-refractivity contribution in [3.05, 3.63) is 72.6 Å². The summed E-state index contributed by atoms with van der Waals surface area (Å²) in [5.41, 5.74) is 0. The first-order chi connectivity index (χ1) is 15.0. The van der Waals surface area contributed by atoms with Crippen molar-refractivity contribution in [3.8, 4) is 0 Å². The van der Waals surface area contributed by atoms with E-state index in [-0.39, 0.29) is 11.7 Å². The van der Waals surface area contributed by atoms with E-state index in [1.54, 1.807) is 6.08 Å². The van der Waals surface area contributed by atoms with E-state index < -0.39 is 12.2 Å². The van der Waals surface area contributed by atoms with Crippen molar-refractivity contribution in [2.45, 2.75) is 77.4 Å². The van der Waals surface area contributed by atoms with Crippen LogP contribution in [0.3, 0.4) is 0 Å². The minimum absolute atomic E-state index is 0.0356. The number of carbonyl (C=O) groups is 1. The second kappa shape index (κ2) is 20.9. The fraction of sp³-hybridized carbons (Fsp3) is 0.500. The van der Waals surface area contributed by atoms with Gasteiger partial charge in [-0.05, 0) is 44.6 Å². The molecule has 1 amide bonds. The number of carbonyl (C=O) groups excluding carboxylic acids is 1. The van der Waals surface area contributed by atoms with Gasteiger partial charge in [0.2, 0.25) is 5.91 Å². The number of aliphatic hydroxyl groups excluding tert-OH is 3. The van der Waals surface area contributed by atoms with E-state index in [1.165, 1.54) is 6.08 Å². The molecule has 0 aliphatic rings. The molecular formula is C26H41NO4. The van der Waals surface area contributed by atoms with Gasteiger partial charge < -0.3 is 20.6 Å². The summed E-state index contributed by atoms with van der Waals surface area (Å²) in [4.78, 5) is 11.6. The topological polar surface area (TPSA) is 89.8 Å². The predicted octanol–water partition coefficient (Wildman–Crippen LogP) is 5.21. The van der Waals surface area contributed by atoms with Gasteiger partial charge in [-0.3, -0.25) is 4.79 Å². The van der Waals surface area contributed by atoms with Gasteiger partial charge in [0.25, 0.3) is 0 Å². The van der Waals surface area contributed by atoms with Gasteiger partial charge in [0.15, 0.2) is 0 Å². The summed E-state index contributed by atoms with van der Waals surface area (Å²) in [5, 5.41) is 32.4. The summed E-state index contributed by atoms with van der Waals surface area (Å²) in [6.07, 6.45) is 24.4. The van der Waals surface area contributed by atoms with Crippen molar-refractivity contribution in [2.24, 2.45) is 0 Å². The molecule has 4 N–H and O–H groups in total. The van der Waals surface area contributed by atoms with Crippen LogP contribution in [0.2, 0.25) is 0 Å². The Morgan fingerprint density at radius 2 is 1.65 bits per heavy atom. The van der Waals surface area contributed by atoms with E-state index in [9.17, 15) is 20.1 Å². The normalized spacial score (nSPS) is 15.2. The number of aliphatic hydroxyl groups is 3. The van der Waals surface area contributed by atoms with Crippen LogP contribution in [0.4, 0.5) is 0 Å². The number of allylic oxidation sites excluding steroid dienone is 9. The summed E-state index contributed by atoms with van der Waals surface area (Å²) in [7, 11) is 0. The second-order valence-corrected chi connectivity index (χ2v) is 7.23. The van der Waals surface area contributed by atoms with Crippen LogP contribution in [0.1, 0.15) is 65.2 Å². The van der Waals surface area contributed by atoms with Crippen molar-refractivity contribution in [1.29, 1.82) is 0 Å². The Balaban J connectivity index is 3.99. The van der Waals surface area contributed by atoms with Gasteiger partial charge in [-0.1, -0.05) is 81.0 Å². The van der Waals surface area contributed by atoms with Crippen molar-refractivity contribution >= 4 is 5.91 Å². The molecule has 0 fully saturated rings. The van der Waals surface area contributed by atoms with Crippen LogP contribution in [0.5, 0.6) is 0 Å². The molecule has 0 radical (unpaired) electrons. The van der Waals surface area contributed by atoms with Crippen molar-refractivity contribution in [2.75, 3.05) is 6.54 Å². The third kappa shape index (κ3) is 19.3. The standard InChI is InChI=1S/C26H41NO4/c1-3-5-13-17-23(28)18-14-11-9-7-8-10-12-15-19-24(29)25(30)20-16-21-26(31)27-22-6-4-2/h5,7-14,18,20,23-24,28-30H,3-4,6,15-17,19,21-22H2,1-2H3,(H,27,31)/b8-7+,11-9-,12-10+,13-5-,18-14+,25-20+/t23-,24+/m0/s1. The third-order valence-corrected chi connectivity index (χ3v) is 4.33. The van der Waals surface area contributed by atoms with Crippen LogP contribution < -0.4 is 5.32 Å². The third-order valence-electron chi connectivity index (χ3n) is 4.33. The fourth-order valence-corrected chi connectivity index (χ4v) is 2.49. The second-order valence-electron chi connectivity index (χ2n) is 7.23. The molecular weight excluding hydrogens is 390 g/mol. The van der Waals surface area contributed by atoms with Crippen LogP contribution in [0, 0.1) is 0 Å². The Kier molecular flexibility index (Phi) is 19.3. The number of hydrogen-bond donors (Lipinski definition) is 4. The zero-order valence-corrected chi connectivity index (χ0v) is 19.1. The van der Waals surface area contributed by atoms with Gasteiger partial charge in [0.05, 0.1) is 6.10 Å². The van der Waals surface area contributed by atoms with E-state index in [0.717, 1.165) is 19.3 Å². The molecule has 0 bridgehead atoms. The molecule has 2 atom stereocenters. The monoisotopic (exact) mass is 431 g/mol. The van der Waals surface area contributed by atoms with E-state index in [0.29, 0.717) is 38.6 Å². The Labute approximate surface area is 188 Å². The summed E-state index contributed by atoms with van der Waals surface area (Å²) in [5.74, 6) is -0.112. The molecule has 0 spiro atoms. The SMILES string of the molecule is CC/C=C\C[C@H](O)/C=C/C=C\C=C\C=C\CC[C@@H](O)/C(O)=C\CCC(=O)NCCCC. The van der Waals surface area contributed by atoms with Crippen LogP contribution in [0.25, 0.3) is 0 Å². The highest BCUT2D eigenvalue weighted by molar-refractivity contribution is 5.75. The summed E-state index contributed by atoms with van der Waals surface area (Å²) in [6.45, 7) is 4.81. The molecule has 0 aromatic carbocycles. The van der Waals surface area contributed by atoms with Crippen molar-refractivity contribution in [1.82, 2.24) is 5.32 Å². The van der Waals surface area contributed by atoms with Gasteiger partial charge in [-0.15, -0.1) is 0 Å². The van der Waals surface area contributed by atoms with Crippen LogP contribution in [-0.4, -0.2) is 40.0 Å². The maximum absolute atomic E-state index is 11.6. The van der Waals surface area contributed by atoms with E-state index >= 15 is 0 Å². The zero-order valence-electron chi connectivity index (χ0n) is 19.1. The van der Waals surface area contributed by atoms with Crippen molar-refractivity contribution < 1.29 is 20.1 Å². The Bertz CT molecular complexity index is 629. The quantitative estimate of drug-likeness (QED) is 0.110. The lowest BCUT2D eigenvalue weighted by Crippen LogP contribution is -2.23. The first-order valence-corrected chi connectivity index (χ1v) is 11.3. The van der Waals surface area contributed by atoms with Gasteiger partial charge in [-0.2, -0.15) is 0 Å². The number of nitrogens with one attached hydrogen (secondary N) is 1. The van der Waals surface area contributed by atoms with E-state index in [1.807, 2.05) is 54.7 Å². The van der Waals surface area contributed by atoms with Gasteiger partial charge in [0, 0.05) is 13.0 Å². The maximum Gasteiger partial charge on any atom is 0.220 e. The molecule has 0 rings (SSSR count). The molecule has 0 heterocycles. The molecule has 0 aliphatic carbocycles. The van der Waals surface area contributed by atoms with Gasteiger partial charge in [0.1, 0.15) is 11.9 Å². The number of hydrogen-bond acceptors (Lipinski definition) is 4. The molecule has 0 aliphatic heterocycles. The maximum atomic E-state index is 11.6. The molecule has 5 nitrogen and oxygen atoms in total. The van der Waals surface area contributed by atoms with E-state index in [2.05, 4.69) is 19.2 Å². The van der Waals surface area contributed by atoms with Crippen LogP contribution >= 0.6 is 0 Å². The lowest BCUT2D eigenvalue weighted by Gasteiger charge is -2.08. The van der Waals surface area contributed by atoms with E-state index in [4.69, 9.17) is 0 Å². The lowest BCUT2D eigenvalue weighted by atomic mass is 10.1. The molecule has 5 heteroatoms. The highest BCUT2D eigenvalue weighted by atomic mass is 16.3. The highest BCUT2D eigenvalue weighted by Crippen LogP contribution is 2.08. The molecule has 0 saturated carbocycles. The summed E-state index contributed by atoms with van der Waals surface area (Å²) in [6, 6.07) is 0. The minimum atomic E-state index is -0.916. The Morgan fingerprint density at radius 3 is 2.35 bits per heavy atom. The number of amides is 1. The molecule has 0 aromatic rings. The van der Waals surface area contributed by atoms with Crippen LogP contribution in [0.15, 0.2) is 72.6 Å². The Morgan fingerprint density at radius 1 is 0.935 bits per heavy atom. The lowest BCUT2D eigenvalue weighted by molar-refractivity contribution is -0.121. The Hall–Kier alpha value is -2.37. The van der Waals surface area contributed by atoms with Gasteiger partial charge >= 0.3 is 0 Å².